The molecule has 0 amide bonds. The minimum absolute atomic E-state index is 0.0218. The second kappa shape index (κ2) is 6.29. The molecule has 0 unspecified atom stereocenters. The number of pyridine rings is 1. The number of thioether (sulfide) groups is 1. The maximum Gasteiger partial charge on any atom is 0.103 e. The van der Waals surface area contributed by atoms with Crippen molar-refractivity contribution < 1.29 is 5.11 Å². The van der Waals surface area contributed by atoms with E-state index in [9.17, 15) is 5.11 Å². The fourth-order valence-electron chi connectivity index (χ4n) is 2.33. The number of hydrogen-bond donors (Lipinski definition) is 1. The summed E-state index contributed by atoms with van der Waals surface area (Å²) in [6, 6.07) is 18.5. The fourth-order valence-corrected chi connectivity index (χ4v) is 3.29. The van der Waals surface area contributed by atoms with Crippen LogP contribution in [0.3, 0.4) is 0 Å². The summed E-state index contributed by atoms with van der Waals surface area (Å²) in [7, 11) is 0. The summed E-state index contributed by atoms with van der Waals surface area (Å²) < 4.78 is 0. The number of aryl methyl sites for hydroxylation is 1. The first kappa shape index (κ1) is 14.1. The molecule has 1 heterocycles. The van der Waals surface area contributed by atoms with Gasteiger partial charge in [0.1, 0.15) is 5.03 Å². The molecule has 0 fully saturated rings. The van der Waals surface area contributed by atoms with E-state index in [4.69, 9.17) is 0 Å². The number of benzene rings is 2. The summed E-state index contributed by atoms with van der Waals surface area (Å²) in [4.78, 5) is 4.69. The van der Waals surface area contributed by atoms with Crippen molar-refractivity contribution in [2.75, 3.05) is 0 Å². The van der Waals surface area contributed by atoms with E-state index >= 15 is 0 Å². The summed E-state index contributed by atoms with van der Waals surface area (Å²) in [5.74, 6) is 0.861. The molecular formula is C18H17NOS. The Kier molecular flexibility index (Phi) is 4.23. The molecule has 0 spiro atoms. The Morgan fingerprint density at radius 3 is 2.71 bits per heavy atom. The highest BCUT2D eigenvalue weighted by molar-refractivity contribution is 7.98. The maximum absolute atomic E-state index is 9.57. The van der Waals surface area contributed by atoms with Gasteiger partial charge >= 0.3 is 0 Å². The van der Waals surface area contributed by atoms with Crippen molar-refractivity contribution in [3.05, 3.63) is 71.3 Å². The predicted octanol–water partition coefficient (Wildman–Crippen LogP) is 4.33. The molecule has 0 saturated carbocycles. The maximum atomic E-state index is 9.57. The van der Waals surface area contributed by atoms with Gasteiger partial charge in [0, 0.05) is 16.7 Å². The number of para-hydroxylation sites is 1. The largest absolute Gasteiger partial charge is 0.392 e. The van der Waals surface area contributed by atoms with Crippen molar-refractivity contribution in [1.29, 1.82) is 0 Å². The van der Waals surface area contributed by atoms with Crippen LogP contribution in [-0.4, -0.2) is 10.1 Å². The summed E-state index contributed by atoms with van der Waals surface area (Å²) in [6.45, 7) is 2.12. The molecule has 3 heteroatoms. The number of aliphatic hydroxyl groups excluding tert-OH is 1. The normalized spacial score (nSPS) is 11.0. The van der Waals surface area contributed by atoms with Crippen LogP contribution < -0.4 is 0 Å². The molecule has 21 heavy (non-hydrogen) atoms. The fraction of sp³-hybridized carbons (Fsp3) is 0.167. The third-order valence-corrected chi connectivity index (χ3v) is 4.50. The van der Waals surface area contributed by atoms with Gasteiger partial charge in [-0.05, 0) is 24.6 Å². The zero-order valence-corrected chi connectivity index (χ0v) is 12.7. The lowest BCUT2D eigenvalue weighted by Gasteiger charge is -2.09. The highest BCUT2D eigenvalue weighted by Gasteiger charge is 2.07. The lowest BCUT2D eigenvalue weighted by Crippen LogP contribution is -1.93. The van der Waals surface area contributed by atoms with Crippen LogP contribution in [0, 0.1) is 6.92 Å². The van der Waals surface area contributed by atoms with Crippen LogP contribution in [0.4, 0.5) is 0 Å². The van der Waals surface area contributed by atoms with Gasteiger partial charge < -0.3 is 5.11 Å². The SMILES string of the molecule is Cc1cccc(CSc2nc3ccccc3cc2CO)c1. The van der Waals surface area contributed by atoms with Crippen molar-refractivity contribution in [3.63, 3.8) is 0 Å². The average molecular weight is 295 g/mol. The molecule has 0 saturated heterocycles. The predicted molar refractivity (Wildman–Crippen MR) is 88.4 cm³/mol. The monoisotopic (exact) mass is 295 g/mol. The van der Waals surface area contributed by atoms with Crippen LogP contribution in [0.25, 0.3) is 10.9 Å². The highest BCUT2D eigenvalue weighted by atomic mass is 32.2. The Morgan fingerprint density at radius 2 is 1.90 bits per heavy atom. The van der Waals surface area contributed by atoms with Crippen molar-refractivity contribution in [2.45, 2.75) is 24.3 Å². The quantitative estimate of drug-likeness (QED) is 0.727. The van der Waals surface area contributed by atoms with Crippen molar-refractivity contribution in [3.8, 4) is 0 Å². The molecule has 3 aromatic rings. The lowest BCUT2D eigenvalue weighted by atomic mass is 10.2. The van der Waals surface area contributed by atoms with E-state index in [1.54, 1.807) is 11.8 Å². The van der Waals surface area contributed by atoms with Crippen LogP contribution in [0.2, 0.25) is 0 Å². The first-order chi connectivity index (χ1) is 10.3. The van der Waals surface area contributed by atoms with Gasteiger partial charge in [0.05, 0.1) is 12.1 Å². The second-order valence-electron chi connectivity index (χ2n) is 5.08. The number of aromatic nitrogens is 1. The third-order valence-electron chi connectivity index (χ3n) is 3.39. The number of rotatable bonds is 4. The van der Waals surface area contributed by atoms with E-state index in [2.05, 4.69) is 36.2 Å². The molecule has 3 rings (SSSR count). The van der Waals surface area contributed by atoms with E-state index in [0.717, 1.165) is 27.2 Å². The second-order valence-corrected chi connectivity index (χ2v) is 6.05. The summed E-state index contributed by atoms with van der Waals surface area (Å²) in [5, 5.41) is 11.6. The minimum atomic E-state index is 0.0218. The van der Waals surface area contributed by atoms with Crippen LogP contribution in [0.15, 0.2) is 59.6 Å². The molecule has 2 nitrogen and oxygen atoms in total. The zero-order valence-electron chi connectivity index (χ0n) is 11.9. The van der Waals surface area contributed by atoms with Crippen LogP contribution in [0.1, 0.15) is 16.7 Å². The smallest absolute Gasteiger partial charge is 0.103 e. The van der Waals surface area contributed by atoms with Gasteiger partial charge in [-0.15, -0.1) is 11.8 Å². The van der Waals surface area contributed by atoms with Crippen molar-refractivity contribution >= 4 is 22.7 Å². The van der Waals surface area contributed by atoms with Crippen LogP contribution >= 0.6 is 11.8 Å². The van der Waals surface area contributed by atoms with E-state index in [0.29, 0.717) is 0 Å². The first-order valence-corrected chi connectivity index (χ1v) is 7.93. The molecule has 0 aliphatic carbocycles. The molecule has 1 aromatic heterocycles. The van der Waals surface area contributed by atoms with E-state index < -0.39 is 0 Å². The molecular weight excluding hydrogens is 278 g/mol. The Morgan fingerprint density at radius 1 is 1.05 bits per heavy atom. The number of aliphatic hydroxyl groups is 1. The Bertz CT molecular complexity index is 770. The van der Waals surface area contributed by atoms with Gasteiger partial charge in [-0.3, -0.25) is 0 Å². The lowest BCUT2D eigenvalue weighted by molar-refractivity contribution is 0.278. The average Bonchev–Trinajstić information content (AvgIpc) is 2.52. The number of nitrogens with zero attached hydrogens (tertiary/aromatic N) is 1. The van der Waals surface area contributed by atoms with Gasteiger partial charge in [-0.25, -0.2) is 4.98 Å². The van der Waals surface area contributed by atoms with Crippen LogP contribution in [-0.2, 0) is 12.4 Å². The van der Waals surface area contributed by atoms with Gasteiger partial charge in [0.2, 0.25) is 0 Å². The standard InChI is InChI=1S/C18H17NOS/c1-13-5-4-6-14(9-13)12-21-18-16(11-20)10-15-7-2-3-8-17(15)19-18/h2-10,20H,11-12H2,1H3. The molecule has 2 aromatic carbocycles. The molecule has 106 valence electrons. The minimum Gasteiger partial charge on any atom is -0.392 e. The molecule has 0 aliphatic rings. The molecule has 0 aliphatic heterocycles. The zero-order chi connectivity index (χ0) is 14.7. The number of fused-ring (bicyclic) bond motifs is 1. The van der Waals surface area contributed by atoms with Gasteiger partial charge in [0.15, 0.2) is 0 Å². The van der Waals surface area contributed by atoms with Gasteiger partial charge in [0.25, 0.3) is 0 Å². The third kappa shape index (κ3) is 3.26. The summed E-state index contributed by atoms with van der Waals surface area (Å²) >= 11 is 1.68. The van der Waals surface area contributed by atoms with E-state index in [1.165, 1.54) is 11.1 Å². The van der Waals surface area contributed by atoms with Gasteiger partial charge in [-0.2, -0.15) is 0 Å². The van der Waals surface area contributed by atoms with Gasteiger partial charge in [-0.1, -0.05) is 48.0 Å². The van der Waals surface area contributed by atoms with Crippen molar-refractivity contribution in [1.82, 2.24) is 4.98 Å². The summed E-state index contributed by atoms with van der Waals surface area (Å²) in [5.41, 5.74) is 4.41. The molecule has 0 atom stereocenters. The van der Waals surface area contributed by atoms with Crippen molar-refractivity contribution in [2.24, 2.45) is 0 Å². The Hall–Kier alpha value is -1.84. The topological polar surface area (TPSA) is 33.1 Å². The Labute approximate surface area is 128 Å². The highest BCUT2D eigenvalue weighted by Crippen LogP contribution is 2.27. The molecule has 0 radical (unpaired) electrons. The summed E-state index contributed by atoms with van der Waals surface area (Å²) in [6.07, 6.45) is 0. The van der Waals surface area contributed by atoms with Crippen LogP contribution in [0.5, 0.6) is 0 Å². The number of hydrogen-bond acceptors (Lipinski definition) is 3. The van der Waals surface area contributed by atoms with E-state index in [1.807, 2.05) is 30.3 Å². The van der Waals surface area contributed by atoms with E-state index in [-0.39, 0.29) is 6.61 Å². The molecule has 1 N–H and O–H groups in total. The Balaban J connectivity index is 1.88. The molecule has 0 bridgehead atoms. The first-order valence-electron chi connectivity index (χ1n) is 6.94.